The van der Waals surface area contributed by atoms with Crippen molar-refractivity contribution in [2.24, 2.45) is 5.92 Å². The molecule has 2 rings (SSSR count). The Hall–Kier alpha value is -1.55. The predicted octanol–water partition coefficient (Wildman–Crippen LogP) is 1.55. The molecule has 0 fully saturated rings. The average Bonchev–Trinajstić information content (AvgIpc) is 2.87. The van der Waals surface area contributed by atoms with Gasteiger partial charge in [-0.2, -0.15) is 0 Å². The Balaban J connectivity index is 1.83. The predicted molar refractivity (Wildman–Crippen MR) is 76.1 cm³/mol. The van der Waals surface area contributed by atoms with Crippen LogP contribution >= 0.6 is 0 Å². The Morgan fingerprint density at radius 3 is 3.00 bits per heavy atom. The fourth-order valence-corrected chi connectivity index (χ4v) is 2.46. The SMILES string of the molecule is CCC(CCO)CNC(=O)C1Cc2ccccc2N1. The summed E-state index contributed by atoms with van der Waals surface area (Å²) in [5, 5.41) is 15.2. The molecule has 0 spiro atoms. The number of aliphatic hydroxyl groups is 1. The zero-order chi connectivity index (χ0) is 13.7. The van der Waals surface area contributed by atoms with Crippen LogP contribution in [-0.4, -0.2) is 30.2 Å². The van der Waals surface area contributed by atoms with E-state index in [4.69, 9.17) is 5.11 Å². The Bertz CT molecular complexity index is 409. The van der Waals surface area contributed by atoms with Crippen molar-refractivity contribution in [1.82, 2.24) is 5.32 Å². The van der Waals surface area contributed by atoms with Gasteiger partial charge in [0.15, 0.2) is 0 Å². The summed E-state index contributed by atoms with van der Waals surface area (Å²) in [5.74, 6) is 0.408. The number of carbonyl (C=O) groups excluding carboxylic acids is 1. The molecule has 1 aliphatic heterocycles. The molecule has 2 unspecified atom stereocenters. The number of aliphatic hydroxyl groups excluding tert-OH is 1. The fourth-order valence-electron chi connectivity index (χ4n) is 2.46. The normalized spacial score (nSPS) is 18.5. The van der Waals surface area contributed by atoms with E-state index in [0.717, 1.165) is 24.9 Å². The van der Waals surface area contributed by atoms with Crippen LogP contribution in [0.25, 0.3) is 0 Å². The summed E-state index contributed by atoms with van der Waals surface area (Å²) in [6.07, 6.45) is 2.47. The van der Waals surface area contributed by atoms with E-state index in [-0.39, 0.29) is 18.6 Å². The summed E-state index contributed by atoms with van der Waals surface area (Å²) in [4.78, 5) is 12.1. The molecular weight excluding hydrogens is 240 g/mol. The van der Waals surface area contributed by atoms with Crippen molar-refractivity contribution in [2.45, 2.75) is 32.2 Å². The molecule has 4 heteroatoms. The van der Waals surface area contributed by atoms with Crippen molar-refractivity contribution in [1.29, 1.82) is 0 Å². The van der Waals surface area contributed by atoms with Crippen molar-refractivity contribution < 1.29 is 9.90 Å². The van der Waals surface area contributed by atoms with Crippen LogP contribution in [-0.2, 0) is 11.2 Å². The van der Waals surface area contributed by atoms with Gasteiger partial charge in [0.05, 0.1) is 0 Å². The van der Waals surface area contributed by atoms with Crippen LogP contribution in [0.15, 0.2) is 24.3 Å². The number of anilines is 1. The first-order valence-electron chi connectivity index (χ1n) is 6.97. The van der Waals surface area contributed by atoms with E-state index in [2.05, 4.69) is 23.6 Å². The molecular formula is C15H22N2O2. The lowest BCUT2D eigenvalue weighted by atomic mass is 10.0. The number of benzene rings is 1. The Morgan fingerprint density at radius 1 is 1.53 bits per heavy atom. The minimum Gasteiger partial charge on any atom is -0.396 e. The Kier molecular flexibility index (Phi) is 4.80. The number of rotatable bonds is 6. The fraction of sp³-hybridized carbons (Fsp3) is 0.533. The van der Waals surface area contributed by atoms with Gasteiger partial charge in [-0.05, 0) is 24.0 Å². The molecule has 1 aromatic rings. The van der Waals surface area contributed by atoms with E-state index in [1.165, 1.54) is 5.56 Å². The van der Waals surface area contributed by atoms with Gasteiger partial charge in [-0.15, -0.1) is 0 Å². The number of fused-ring (bicyclic) bond motifs is 1. The van der Waals surface area contributed by atoms with E-state index < -0.39 is 0 Å². The summed E-state index contributed by atoms with van der Waals surface area (Å²) >= 11 is 0. The molecule has 0 saturated carbocycles. The van der Waals surface area contributed by atoms with Gasteiger partial charge in [0.2, 0.25) is 5.91 Å². The topological polar surface area (TPSA) is 61.4 Å². The van der Waals surface area contributed by atoms with Crippen molar-refractivity contribution in [3.63, 3.8) is 0 Å². The molecule has 0 bridgehead atoms. The van der Waals surface area contributed by atoms with Gasteiger partial charge in [0.1, 0.15) is 6.04 Å². The summed E-state index contributed by atoms with van der Waals surface area (Å²) in [7, 11) is 0. The first-order chi connectivity index (χ1) is 9.24. The van der Waals surface area contributed by atoms with E-state index >= 15 is 0 Å². The first kappa shape index (κ1) is 13.9. The van der Waals surface area contributed by atoms with Crippen LogP contribution in [0.3, 0.4) is 0 Å². The molecule has 1 aromatic carbocycles. The number of carbonyl (C=O) groups is 1. The van der Waals surface area contributed by atoms with Gasteiger partial charge in [0, 0.05) is 25.3 Å². The zero-order valence-corrected chi connectivity index (χ0v) is 11.4. The molecule has 0 saturated heterocycles. The van der Waals surface area contributed by atoms with Gasteiger partial charge in [0.25, 0.3) is 0 Å². The first-order valence-corrected chi connectivity index (χ1v) is 6.97. The number of hydrogen-bond acceptors (Lipinski definition) is 3. The second-order valence-electron chi connectivity index (χ2n) is 5.09. The summed E-state index contributed by atoms with van der Waals surface area (Å²) in [6, 6.07) is 7.86. The lowest BCUT2D eigenvalue weighted by molar-refractivity contribution is -0.121. The van der Waals surface area contributed by atoms with Crippen LogP contribution in [0.4, 0.5) is 5.69 Å². The van der Waals surface area contributed by atoms with Crippen LogP contribution in [0.1, 0.15) is 25.3 Å². The van der Waals surface area contributed by atoms with Crippen LogP contribution in [0.2, 0.25) is 0 Å². The number of amides is 1. The molecule has 3 N–H and O–H groups in total. The van der Waals surface area contributed by atoms with Crippen LogP contribution in [0, 0.1) is 5.92 Å². The zero-order valence-electron chi connectivity index (χ0n) is 11.4. The molecule has 1 heterocycles. The smallest absolute Gasteiger partial charge is 0.242 e. The molecule has 0 radical (unpaired) electrons. The third-order valence-corrected chi connectivity index (χ3v) is 3.77. The minimum atomic E-state index is -0.163. The monoisotopic (exact) mass is 262 g/mol. The van der Waals surface area contributed by atoms with Gasteiger partial charge >= 0.3 is 0 Å². The lowest BCUT2D eigenvalue weighted by Crippen LogP contribution is -2.40. The summed E-state index contributed by atoms with van der Waals surface area (Å²) in [5.41, 5.74) is 2.26. The van der Waals surface area contributed by atoms with E-state index in [9.17, 15) is 4.79 Å². The van der Waals surface area contributed by atoms with E-state index in [0.29, 0.717) is 12.5 Å². The maximum atomic E-state index is 12.1. The Labute approximate surface area is 114 Å². The van der Waals surface area contributed by atoms with Crippen molar-refractivity contribution in [3.05, 3.63) is 29.8 Å². The highest BCUT2D eigenvalue weighted by Gasteiger charge is 2.26. The standard InChI is InChI=1S/C15H22N2O2/c1-2-11(7-8-18)10-16-15(19)14-9-12-5-3-4-6-13(12)17-14/h3-6,11,14,17-18H,2,7-10H2,1H3,(H,16,19). The van der Waals surface area contributed by atoms with E-state index in [1.807, 2.05) is 18.2 Å². The average molecular weight is 262 g/mol. The number of nitrogens with one attached hydrogen (secondary N) is 2. The number of hydrogen-bond donors (Lipinski definition) is 3. The number of para-hydroxylation sites is 1. The molecule has 4 nitrogen and oxygen atoms in total. The molecule has 2 atom stereocenters. The van der Waals surface area contributed by atoms with Crippen LogP contribution in [0.5, 0.6) is 0 Å². The third-order valence-electron chi connectivity index (χ3n) is 3.77. The second kappa shape index (κ2) is 6.57. The van der Waals surface area contributed by atoms with Crippen molar-refractivity contribution in [3.8, 4) is 0 Å². The van der Waals surface area contributed by atoms with E-state index in [1.54, 1.807) is 0 Å². The molecule has 1 amide bonds. The highest BCUT2D eigenvalue weighted by atomic mass is 16.3. The second-order valence-corrected chi connectivity index (χ2v) is 5.09. The molecule has 104 valence electrons. The highest BCUT2D eigenvalue weighted by Crippen LogP contribution is 2.25. The largest absolute Gasteiger partial charge is 0.396 e. The maximum Gasteiger partial charge on any atom is 0.242 e. The Morgan fingerprint density at radius 2 is 2.32 bits per heavy atom. The summed E-state index contributed by atoms with van der Waals surface area (Å²) in [6.45, 7) is 2.90. The van der Waals surface area contributed by atoms with Crippen molar-refractivity contribution in [2.75, 3.05) is 18.5 Å². The molecule has 19 heavy (non-hydrogen) atoms. The molecule has 0 aliphatic carbocycles. The third kappa shape index (κ3) is 3.47. The quantitative estimate of drug-likeness (QED) is 0.729. The molecule has 1 aliphatic rings. The minimum absolute atomic E-state index is 0.0487. The van der Waals surface area contributed by atoms with Gasteiger partial charge in [-0.1, -0.05) is 31.5 Å². The maximum absolute atomic E-state index is 12.1. The van der Waals surface area contributed by atoms with Gasteiger partial charge in [-0.3, -0.25) is 4.79 Å². The van der Waals surface area contributed by atoms with Gasteiger partial charge < -0.3 is 15.7 Å². The van der Waals surface area contributed by atoms with Crippen LogP contribution < -0.4 is 10.6 Å². The molecule has 0 aromatic heterocycles. The van der Waals surface area contributed by atoms with Crippen molar-refractivity contribution >= 4 is 11.6 Å². The lowest BCUT2D eigenvalue weighted by Gasteiger charge is -2.17. The van der Waals surface area contributed by atoms with Gasteiger partial charge in [-0.25, -0.2) is 0 Å². The summed E-state index contributed by atoms with van der Waals surface area (Å²) < 4.78 is 0. The highest BCUT2D eigenvalue weighted by molar-refractivity contribution is 5.87.